The van der Waals surface area contributed by atoms with Gasteiger partial charge in [0.25, 0.3) is 0 Å². The van der Waals surface area contributed by atoms with Crippen LogP contribution in [0, 0.1) is 13.8 Å². The third-order valence-electron chi connectivity index (χ3n) is 3.16. The number of nitrogens with zero attached hydrogens (tertiary/aromatic N) is 2. The van der Waals surface area contributed by atoms with Gasteiger partial charge in [-0.3, -0.25) is 0 Å². The highest BCUT2D eigenvalue weighted by molar-refractivity contribution is 5.86. The smallest absolute Gasteiger partial charge is 0.354 e. The zero-order valence-corrected chi connectivity index (χ0v) is 12.2. The summed E-state index contributed by atoms with van der Waals surface area (Å²) in [6.07, 6.45) is 0. The van der Waals surface area contributed by atoms with Crippen molar-refractivity contribution in [3.05, 3.63) is 46.9 Å². The van der Waals surface area contributed by atoms with Gasteiger partial charge in [-0.1, -0.05) is 12.1 Å². The van der Waals surface area contributed by atoms with E-state index in [0.29, 0.717) is 11.6 Å². The zero-order valence-electron chi connectivity index (χ0n) is 12.2. The molecule has 0 radical (unpaired) electrons. The molecule has 0 aliphatic rings. The van der Waals surface area contributed by atoms with Crippen LogP contribution in [0.2, 0.25) is 0 Å². The van der Waals surface area contributed by atoms with E-state index in [-0.39, 0.29) is 12.3 Å². The van der Waals surface area contributed by atoms with E-state index in [1.165, 1.54) is 6.07 Å². The Balaban J connectivity index is 2.21. The molecule has 0 bridgehead atoms. The number of benzene rings is 1. The highest BCUT2D eigenvalue weighted by atomic mass is 16.5. The van der Waals surface area contributed by atoms with Gasteiger partial charge in [-0.2, -0.15) is 0 Å². The van der Waals surface area contributed by atoms with Crippen LogP contribution in [-0.2, 0) is 6.61 Å². The molecule has 1 aromatic heterocycles. The normalized spacial score (nSPS) is 10.2. The van der Waals surface area contributed by atoms with Crippen molar-refractivity contribution in [2.45, 2.75) is 20.5 Å². The van der Waals surface area contributed by atoms with E-state index in [2.05, 4.69) is 15.3 Å². The minimum absolute atomic E-state index is 0.0612. The van der Waals surface area contributed by atoms with E-state index in [1.54, 1.807) is 7.05 Å². The lowest BCUT2D eigenvalue weighted by Gasteiger charge is -2.11. The number of rotatable bonds is 5. The van der Waals surface area contributed by atoms with Gasteiger partial charge in [0.1, 0.15) is 18.2 Å². The molecule has 1 heterocycles. The molecule has 0 atom stereocenters. The summed E-state index contributed by atoms with van der Waals surface area (Å²) in [4.78, 5) is 19.2. The van der Waals surface area contributed by atoms with Crippen LogP contribution in [0.3, 0.4) is 0 Å². The highest BCUT2D eigenvalue weighted by Gasteiger charge is 2.11. The molecular weight excluding hydrogens is 270 g/mol. The van der Waals surface area contributed by atoms with Gasteiger partial charge in [-0.25, -0.2) is 14.8 Å². The first-order valence-electron chi connectivity index (χ1n) is 6.49. The lowest BCUT2D eigenvalue weighted by Crippen LogP contribution is -2.10. The highest BCUT2D eigenvalue weighted by Crippen LogP contribution is 2.21. The Morgan fingerprint density at radius 2 is 2.10 bits per heavy atom. The molecule has 6 heteroatoms. The molecule has 0 saturated heterocycles. The molecular formula is C15H17N3O3. The number of anilines is 1. The maximum Gasteiger partial charge on any atom is 0.354 e. The van der Waals surface area contributed by atoms with Gasteiger partial charge in [0.15, 0.2) is 11.5 Å². The topological polar surface area (TPSA) is 84.3 Å². The fourth-order valence-corrected chi connectivity index (χ4v) is 1.82. The summed E-state index contributed by atoms with van der Waals surface area (Å²) in [5.41, 5.74) is 2.11. The van der Waals surface area contributed by atoms with Crippen LogP contribution in [0.15, 0.2) is 24.3 Å². The van der Waals surface area contributed by atoms with Crippen LogP contribution in [0.25, 0.3) is 0 Å². The summed E-state index contributed by atoms with van der Waals surface area (Å²) >= 11 is 0. The van der Waals surface area contributed by atoms with Gasteiger partial charge in [0.05, 0.1) is 0 Å². The maximum absolute atomic E-state index is 11.0. The minimum Gasteiger partial charge on any atom is -0.485 e. The van der Waals surface area contributed by atoms with Gasteiger partial charge in [-0.15, -0.1) is 0 Å². The fraction of sp³-hybridized carbons (Fsp3) is 0.267. The second kappa shape index (κ2) is 6.21. The van der Waals surface area contributed by atoms with Crippen molar-refractivity contribution in [3.8, 4) is 5.75 Å². The number of carboxylic acids is 1. The van der Waals surface area contributed by atoms with Gasteiger partial charge in [0, 0.05) is 13.1 Å². The van der Waals surface area contributed by atoms with Gasteiger partial charge >= 0.3 is 5.97 Å². The standard InChI is InChI=1S/C15H17N3O3/c1-9-5-4-6-12(10(9)2)21-8-14-17-11(15(19)20)7-13(16-3)18-14/h4-7H,8H2,1-3H3,(H,19,20)(H,16,17,18). The van der Waals surface area contributed by atoms with Crippen LogP contribution in [-0.4, -0.2) is 28.1 Å². The summed E-state index contributed by atoms with van der Waals surface area (Å²) < 4.78 is 5.69. The van der Waals surface area contributed by atoms with Crippen molar-refractivity contribution in [3.63, 3.8) is 0 Å². The average Bonchev–Trinajstić information content (AvgIpc) is 2.48. The Morgan fingerprint density at radius 1 is 1.33 bits per heavy atom. The van der Waals surface area contributed by atoms with Crippen molar-refractivity contribution >= 4 is 11.8 Å². The van der Waals surface area contributed by atoms with Crippen LogP contribution in [0.5, 0.6) is 5.75 Å². The lowest BCUT2D eigenvalue weighted by atomic mass is 10.1. The summed E-state index contributed by atoms with van der Waals surface area (Å²) in [5.74, 6) is 0.411. The molecule has 0 aliphatic heterocycles. The summed E-state index contributed by atoms with van der Waals surface area (Å²) in [7, 11) is 1.67. The first-order chi connectivity index (χ1) is 10.0. The second-order valence-electron chi connectivity index (χ2n) is 4.60. The van der Waals surface area contributed by atoms with Crippen LogP contribution in [0.1, 0.15) is 27.4 Å². The molecule has 0 aliphatic carbocycles. The van der Waals surface area contributed by atoms with Gasteiger partial charge < -0.3 is 15.2 Å². The molecule has 0 fully saturated rings. The molecule has 0 amide bonds. The summed E-state index contributed by atoms with van der Waals surface area (Å²) in [6, 6.07) is 7.15. The predicted octanol–water partition coefficient (Wildman–Crippen LogP) is 2.41. The molecule has 2 N–H and O–H groups in total. The van der Waals surface area contributed by atoms with E-state index < -0.39 is 5.97 Å². The van der Waals surface area contributed by atoms with Crippen molar-refractivity contribution in [2.24, 2.45) is 0 Å². The monoisotopic (exact) mass is 287 g/mol. The molecule has 21 heavy (non-hydrogen) atoms. The number of carbonyl (C=O) groups is 1. The van der Waals surface area contributed by atoms with E-state index in [4.69, 9.17) is 9.84 Å². The molecule has 0 unspecified atom stereocenters. The number of nitrogens with one attached hydrogen (secondary N) is 1. The van der Waals surface area contributed by atoms with E-state index >= 15 is 0 Å². The first kappa shape index (κ1) is 14.8. The van der Waals surface area contributed by atoms with E-state index in [0.717, 1.165) is 16.9 Å². The van der Waals surface area contributed by atoms with Gasteiger partial charge in [0.2, 0.25) is 0 Å². The largest absolute Gasteiger partial charge is 0.485 e. The molecule has 110 valence electrons. The number of hydrogen-bond donors (Lipinski definition) is 2. The minimum atomic E-state index is -1.10. The predicted molar refractivity (Wildman–Crippen MR) is 78.8 cm³/mol. The second-order valence-corrected chi connectivity index (χ2v) is 4.60. The number of hydrogen-bond acceptors (Lipinski definition) is 5. The quantitative estimate of drug-likeness (QED) is 0.878. The van der Waals surface area contributed by atoms with Crippen molar-refractivity contribution in [1.29, 1.82) is 0 Å². The Kier molecular flexibility index (Phi) is 4.37. The summed E-state index contributed by atoms with van der Waals surface area (Å²) in [5, 5.41) is 11.8. The fourth-order valence-electron chi connectivity index (χ4n) is 1.82. The lowest BCUT2D eigenvalue weighted by molar-refractivity contribution is 0.0689. The Labute approximate surface area is 122 Å². The molecule has 1 aromatic carbocycles. The number of ether oxygens (including phenoxy) is 1. The molecule has 2 aromatic rings. The Bertz CT molecular complexity index is 671. The van der Waals surface area contributed by atoms with Crippen molar-refractivity contribution in [1.82, 2.24) is 9.97 Å². The van der Waals surface area contributed by atoms with Crippen molar-refractivity contribution < 1.29 is 14.6 Å². The maximum atomic E-state index is 11.0. The molecule has 6 nitrogen and oxygen atoms in total. The molecule has 0 spiro atoms. The van der Waals surface area contributed by atoms with Gasteiger partial charge in [-0.05, 0) is 31.0 Å². The van der Waals surface area contributed by atoms with E-state index in [9.17, 15) is 4.79 Å². The third kappa shape index (κ3) is 3.47. The van der Waals surface area contributed by atoms with Crippen molar-refractivity contribution in [2.75, 3.05) is 12.4 Å². The number of carboxylic acid groups (broad SMARTS) is 1. The SMILES string of the molecule is CNc1cc(C(=O)O)nc(COc2cccc(C)c2C)n1. The zero-order chi connectivity index (χ0) is 15.4. The van der Waals surface area contributed by atoms with Crippen LogP contribution in [0.4, 0.5) is 5.82 Å². The average molecular weight is 287 g/mol. The summed E-state index contributed by atoms with van der Waals surface area (Å²) in [6.45, 7) is 4.08. The van der Waals surface area contributed by atoms with E-state index in [1.807, 2.05) is 32.0 Å². The number of aromatic carboxylic acids is 1. The number of aromatic nitrogens is 2. The van der Waals surface area contributed by atoms with Crippen LogP contribution >= 0.6 is 0 Å². The Hall–Kier alpha value is -2.63. The third-order valence-corrected chi connectivity index (χ3v) is 3.16. The Morgan fingerprint density at radius 3 is 2.76 bits per heavy atom. The number of aryl methyl sites for hydroxylation is 1. The molecule has 2 rings (SSSR count). The first-order valence-corrected chi connectivity index (χ1v) is 6.49. The molecule has 0 saturated carbocycles. The van der Waals surface area contributed by atoms with Crippen LogP contribution < -0.4 is 10.1 Å².